The molecular formula is C20H18Cl3N3O2S. The Kier molecular flexibility index (Phi) is 7.11. The molecule has 0 unspecified atom stereocenters. The zero-order valence-corrected chi connectivity index (χ0v) is 18.8. The predicted octanol–water partition coefficient (Wildman–Crippen LogP) is 5.74. The fraction of sp³-hybridized carbons (Fsp3) is 0.250. The first-order chi connectivity index (χ1) is 13.7. The van der Waals surface area contributed by atoms with Crippen LogP contribution in [0.5, 0.6) is 0 Å². The van der Waals surface area contributed by atoms with Crippen LogP contribution >= 0.6 is 46.6 Å². The van der Waals surface area contributed by atoms with Crippen molar-refractivity contribution < 1.29 is 4.79 Å². The minimum absolute atomic E-state index is 0.0802. The molecule has 0 atom stereocenters. The Bertz CT molecular complexity index is 1130. The zero-order chi connectivity index (χ0) is 21.1. The standard InChI is InChI=1S/C20H18Cl3N3O2S/c1-11(2)9-26-19(28)14-5-3-12(21)7-17(14)25-20(26)29-10-18(27)24-13-4-6-15(22)16(23)8-13/h3-8,11H,9-10H2,1-2H3,(H,24,27). The number of nitrogens with zero attached hydrogens (tertiary/aromatic N) is 2. The van der Waals surface area contributed by atoms with Gasteiger partial charge in [-0.15, -0.1) is 0 Å². The minimum Gasteiger partial charge on any atom is -0.325 e. The van der Waals surface area contributed by atoms with Gasteiger partial charge in [-0.3, -0.25) is 14.2 Å². The second-order valence-electron chi connectivity index (χ2n) is 6.83. The van der Waals surface area contributed by atoms with Crippen LogP contribution in [0, 0.1) is 5.92 Å². The third-order valence-corrected chi connectivity index (χ3v) is 5.92. The fourth-order valence-corrected chi connectivity index (χ4v) is 3.98. The number of rotatable bonds is 6. The summed E-state index contributed by atoms with van der Waals surface area (Å²) in [7, 11) is 0. The van der Waals surface area contributed by atoms with Crippen LogP contribution in [0.4, 0.5) is 5.69 Å². The average Bonchev–Trinajstić information content (AvgIpc) is 2.65. The Labute approximate surface area is 187 Å². The van der Waals surface area contributed by atoms with Crippen molar-refractivity contribution in [1.29, 1.82) is 0 Å². The smallest absolute Gasteiger partial charge is 0.262 e. The molecule has 0 aliphatic rings. The number of hydrogen-bond acceptors (Lipinski definition) is 4. The maximum atomic E-state index is 12.9. The van der Waals surface area contributed by atoms with Crippen molar-refractivity contribution in [3.05, 3.63) is 61.8 Å². The molecule has 5 nitrogen and oxygen atoms in total. The van der Waals surface area contributed by atoms with Crippen molar-refractivity contribution in [1.82, 2.24) is 9.55 Å². The van der Waals surface area contributed by atoms with Gasteiger partial charge in [-0.25, -0.2) is 4.98 Å². The van der Waals surface area contributed by atoms with Gasteiger partial charge in [-0.2, -0.15) is 0 Å². The van der Waals surface area contributed by atoms with Gasteiger partial charge in [0.2, 0.25) is 5.91 Å². The Morgan fingerprint density at radius 1 is 1.14 bits per heavy atom. The van der Waals surface area contributed by atoms with Gasteiger partial charge in [-0.1, -0.05) is 60.4 Å². The van der Waals surface area contributed by atoms with E-state index < -0.39 is 0 Å². The van der Waals surface area contributed by atoms with Gasteiger partial charge < -0.3 is 5.32 Å². The summed E-state index contributed by atoms with van der Waals surface area (Å²) < 4.78 is 1.61. The number of halogens is 3. The Balaban J connectivity index is 1.84. The molecule has 1 aromatic heterocycles. The quantitative estimate of drug-likeness (QED) is 0.368. The highest BCUT2D eigenvalue weighted by molar-refractivity contribution is 7.99. The summed E-state index contributed by atoms with van der Waals surface area (Å²) in [4.78, 5) is 29.9. The molecule has 0 fully saturated rings. The second kappa shape index (κ2) is 9.39. The van der Waals surface area contributed by atoms with E-state index in [1.807, 2.05) is 13.8 Å². The van der Waals surface area contributed by atoms with Crippen molar-refractivity contribution >= 4 is 69.1 Å². The van der Waals surface area contributed by atoms with Crippen molar-refractivity contribution in [2.75, 3.05) is 11.1 Å². The van der Waals surface area contributed by atoms with Crippen LogP contribution in [0.1, 0.15) is 13.8 Å². The zero-order valence-electron chi connectivity index (χ0n) is 15.7. The number of anilines is 1. The molecule has 0 bridgehead atoms. The lowest BCUT2D eigenvalue weighted by Gasteiger charge is -2.15. The Hall–Kier alpha value is -1.73. The number of hydrogen-bond donors (Lipinski definition) is 1. The molecule has 9 heteroatoms. The summed E-state index contributed by atoms with van der Waals surface area (Å²) in [6.07, 6.45) is 0. The van der Waals surface area contributed by atoms with Gasteiger partial charge in [0.25, 0.3) is 5.56 Å². The molecule has 1 amide bonds. The average molecular weight is 471 g/mol. The lowest BCUT2D eigenvalue weighted by atomic mass is 10.2. The summed E-state index contributed by atoms with van der Waals surface area (Å²) >= 11 is 19.1. The Morgan fingerprint density at radius 2 is 1.90 bits per heavy atom. The van der Waals surface area contributed by atoms with Crippen molar-refractivity contribution in [2.45, 2.75) is 25.5 Å². The SMILES string of the molecule is CC(C)Cn1c(SCC(=O)Nc2ccc(Cl)c(Cl)c2)nc2cc(Cl)ccc2c1=O. The van der Waals surface area contributed by atoms with Crippen LogP contribution in [0.2, 0.25) is 15.1 Å². The van der Waals surface area contributed by atoms with Gasteiger partial charge in [0.15, 0.2) is 5.16 Å². The third-order valence-electron chi connectivity index (χ3n) is 3.97. The van der Waals surface area contributed by atoms with Crippen molar-refractivity contribution in [3.63, 3.8) is 0 Å². The number of benzene rings is 2. The highest BCUT2D eigenvalue weighted by atomic mass is 35.5. The van der Waals surface area contributed by atoms with E-state index >= 15 is 0 Å². The van der Waals surface area contributed by atoms with Crippen LogP contribution in [-0.2, 0) is 11.3 Å². The molecule has 1 heterocycles. The van der Waals surface area contributed by atoms with E-state index in [0.29, 0.717) is 43.4 Å². The third kappa shape index (κ3) is 5.45. The van der Waals surface area contributed by atoms with E-state index in [0.717, 1.165) is 0 Å². The predicted molar refractivity (Wildman–Crippen MR) is 122 cm³/mol. The first kappa shape index (κ1) is 22.0. The van der Waals surface area contributed by atoms with Gasteiger partial charge in [0.05, 0.1) is 26.7 Å². The molecule has 0 spiro atoms. The normalized spacial score (nSPS) is 11.2. The Morgan fingerprint density at radius 3 is 2.59 bits per heavy atom. The minimum atomic E-state index is -0.245. The summed E-state index contributed by atoms with van der Waals surface area (Å²) in [5, 5.41) is 5.01. The fourth-order valence-electron chi connectivity index (χ4n) is 2.71. The van der Waals surface area contributed by atoms with Crippen LogP contribution in [0.3, 0.4) is 0 Å². The van der Waals surface area contributed by atoms with Gasteiger partial charge in [0, 0.05) is 17.3 Å². The molecule has 0 aliphatic carbocycles. The largest absolute Gasteiger partial charge is 0.325 e. The van der Waals surface area contributed by atoms with Crippen molar-refractivity contribution in [2.24, 2.45) is 5.92 Å². The van der Waals surface area contributed by atoms with Crippen molar-refractivity contribution in [3.8, 4) is 0 Å². The summed E-state index contributed by atoms with van der Waals surface area (Å²) in [6.45, 7) is 4.54. The van der Waals surface area contributed by atoms with Crippen LogP contribution in [-0.4, -0.2) is 21.2 Å². The highest BCUT2D eigenvalue weighted by Crippen LogP contribution is 2.26. The van der Waals surface area contributed by atoms with Crippen LogP contribution in [0.15, 0.2) is 46.3 Å². The van der Waals surface area contributed by atoms with E-state index in [9.17, 15) is 9.59 Å². The molecule has 0 radical (unpaired) electrons. The van der Waals surface area contributed by atoms with Crippen LogP contribution < -0.4 is 10.9 Å². The summed E-state index contributed by atoms with van der Waals surface area (Å²) in [6, 6.07) is 9.86. The molecule has 0 saturated heterocycles. The van der Waals surface area contributed by atoms with E-state index in [1.165, 1.54) is 11.8 Å². The summed E-state index contributed by atoms with van der Waals surface area (Å²) in [5.74, 6) is 0.0743. The second-order valence-corrected chi connectivity index (χ2v) is 9.02. The number of thioether (sulfide) groups is 1. The van der Waals surface area contributed by atoms with Gasteiger partial charge in [0.1, 0.15) is 0 Å². The van der Waals surface area contributed by atoms with Gasteiger partial charge >= 0.3 is 0 Å². The van der Waals surface area contributed by atoms with E-state index in [4.69, 9.17) is 34.8 Å². The molecule has 3 aromatic rings. The maximum Gasteiger partial charge on any atom is 0.262 e. The molecule has 152 valence electrons. The molecule has 29 heavy (non-hydrogen) atoms. The number of carbonyl (C=O) groups is 1. The number of aromatic nitrogens is 2. The number of fused-ring (bicyclic) bond motifs is 1. The lowest BCUT2D eigenvalue weighted by Crippen LogP contribution is -2.26. The summed E-state index contributed by atoms with van der Waals surface area (Å²) in [5.41, 5.74) is 0.908. The number of carbonyl (C=O) groups excluding carboxylic acids is 1. The number of nitrogens with one attached hydrogen (secondary N) is 1. The topological polar surface area (TPSA) is 64.0 Å². The molecule has 3 rings (SSSR count). The van der Waals surface area contributed by atoms with E-state index in [-0.39, 0.29) is 23.1 Å². The maximum absolute atomic E-state index is 12.9. The number of amides is 1. The first-order valence-electron chi connectivity index (χ1n) is 8.82. The van der Waals surface area contributed by atoms with Gasteiger partial charge in [-0.05, 0) is 42.3 Å². The highest BCUT2D eigenvalue weighted by Gasteiger charge is 2.15. The molecular weight excluding hydrogens is 453 g/mol. The molecule has 0 saturated carbocycles. The monoisotopic (exact) mass is 469 g/mol. The first-order valence-corrected chi connectivity index (χ1v) is 10.9. The molecule has 2 aromatic carbocycles. The van der Waals surface area contributed by atoms with E-state index in [1.54, 1.807) is 41.0 Å². The molecule has 0 aliphatic heterocycles. The molecule has 1 N–H and O–H groups in total. The lowest BCUT2D eigenvalue weighted by molar-refractivity contribution is -0.113. The van der Waals surface area contributed by atoms with Crippen LogP contribution in [0.25, 0.3) is 10.9 Å². The van der Waals surface area contributed by atoms with E-state index in [2.05, 4.69) is 10.3 Å².